The molecule has 0 bridgehead atoms. The molecule has 0 radical (unpaired) electrons. The topological polar surface area (TPSA) is 17.1 Å². The molecule has 1 unspecified atom stereocenters. The van der Waals surface area contributed by atoms with Crippen LogP contribution in [0.25, 0.3) is 0 Å². The standard InChI is InChI=1S/C18H27FO/c1-15(2)8-7-12-18(3,19)13-11-17(20)14-16-9-5-4-6-10-16/h4-6,9-10,15H,7-8,11-14H2,1-3H3. The summed E-state index contributed by atoms with van der Waals surface area (Å²) in [5.74, 6) is 0.745. The Hall–Kier alpha value is -1.18. The quantitative estimate of drug-likeness (QED) is 0.611. The number of Topliss-reactive ketones (excluding diaryl/α,β-unsaturated/α-hetero) is 1. The molecule has 0 aromatic heterocycles. The van der Waals surface area contributed by atoms with Crippen LogP contribution in [0, 0.1) is 5.92 Å². The first-order chi connectivity index (χ1) is 9.39. The number of alkyl halides is 1. The van der Waals surface area contributed by atoms with Crippen molar-refractivity contribution in [2.75, 3.05) is 0 Å². The zero-order valence-electron chi connectivity index (χ0n) is 13.0. The second kappa shape index (κ2) is 8.18. The van der Waals surface area contributed by atoms with Gasteiger partial charge < -0.3 is 0 Å². The van der Waals surface area contributed by atoms with Gasteiger partial charge in [0.15, 0.2) is 0 Å². The summed E-state index contributed by atoms with van der Waals surface area (Å²) in [5, 5.41) is 0. The minimum Gasteiger partial charge on any atom is -0.299 e. The van der Waals surface area contributed by atoms with Crippen LogP contribution in [0.2, 0.25) is 0 Å². The normalized spacial score (nSPS) is 14.2. The predicted molar refractivity (Wildman–Crippen MR) is 82.6 cm³/mol. The highest BCUT2D eigenvalue weighted by molar-refractivity contribution is 5.80. The molecule has 1 aromatic rings. The Morgan fingerprint density at radius 1 is 1.20 bits per heavy atom. The Kier molecular flexibility index (Phi) is 6.90. The van der Waals surface area contributed by atoms with E-state index in [-0.39, 0.29) is 5.78 Å². The molecule has 0 aliphatic heterocycles. The van der Waals surface area contributed by atoms with Crippen molar-refractivity contribution in [2.24, 2.45) is 5.92 Å². The zero-order chi connectivity index (χ0) is 15.0. The number of benzene rings is 1. The molecule has 0 saturated carbocycles. The van der Waals surface area contributed by atoms with E-state index in [1.807, 2.05) is 30.3 Å². The fourth-order valence-corrected chi connectivity index (χ4v) is 2.32. The zero-order valence-corrected chi connectivity index (χ0v) is 13.0. The van der Waals surface area contributed by atoms with E-state index in [1.165, 1.54) is 0 Å². The van der Waals surface area contributed by atoms with E-state index in [0.29, 0.717) is 31.6 Å². The summed E-state index contributed by atoms with van der Waals surface area (Å²) in [6, 6.07) is 9.66. The Morgan fingerprint density at radius 2 is 1.85 bits per heavy atom. The van der Waals surface area contributed by atoms with Gasteiger partial charge >= 0.3 is 0 Å². The second-order valence-electron chi connectivity index (χ2n) is 6.40. The number of carbonyl (C=O) groups excluding carboxylic acids is 1. The van der Waals surface area contributed by atoms with E-state index in [2.05, 4.69) is 13.8 Å². The lowest BCUT2D eigenvalue weighted by molar-refractivity contribution is -0.119. The Morgan fingerprint density at radius 3 is 2.45 bits per heavy atom. The van der Waals surface area contributed by atoms with Gasteiger partial charge in [0.05, 0.1) is 0 Å². The molecule has 1 atom stereocenters. The minimum atomic E-state index is -1.21. The Bertz CT molecular complexity index is 395. The van der Waals surface area contributed by atoms with Gasteiger partial charge in [-0.05, 0) is 31.2 Å². The van der Waals surface area contributed by atoms with E-state index in [0.717, 1.165) is 18.4 Å². The summed E-state index contributed by atoms with van der Waals surface area (Å²) >= 11 is 0. The van der Waals surface area contributed by atoms with E-state index >= 15 is 0 Å². The molecule has 0 fully saturated rings. The third-order valence-corrected chi connectivity index (χ3v) is 3.65. The van der Waals surface area contributed by atoms with Crippen molar-refractivity contribution in [3.63, 3.8) is 0 Å². The first-order valence-corrected chi connectivity index (χ1v) is 7.63. The largest absolute Gasteiger partial charge is 0.299 e. The molecule has 1 rings (SSSR count). The van der Waals surface area contributed by atoms with Gasteiger partial charge in [-0.15, -0.1) is 0 Å². The van der Waals surface area contributed by atoms with Crippen molar-refractivity contribution in [3.8, 4) is 0 Å². The predicted octanol–water partition coefficient (Wildman–Crippen LogP) is 5.13. The average molecular weight is 278 g/mol. The number of halogens is 1. The minimum absolute atomic E-state index is 0.129. The SMILES string of the molecule is CC(C)CCCC(C)(F)CCC(=O)Cc1ccccc1. The first-order valence-electron chi connectivity index (χ1n) is 7.63. The van der Waals surface area contributed by atoms with E-state index < -0.39 is 5.67 Å². The first kappa shape index (κ1) is 16.9. The van der Waals surface area contributed by atoms with Crippen LogP contribution >= 0.6 is 0 Å². The maximum atomic E-state index is 14.3. The monoisotopic (exact) mass is 278 g/mol. The molecule has 2 heteroatoms. The Balaban J connectivity index is 2.28. The van der Waals surface area contributed by atoms with Crippen LogP contribution in [-0.4, -0.2) is 11.5 Å². The van der Waals surface area contributed by atoms with Crippen LogP contribution in [0.1, 0.15) is 58.4 Å². The number of ketones is 1. The molecule has 0 heterocycles. The van der Waals surface area contributed by atoms with Gasteiger partial charge in [0, 0.05) is 12.8 Å². The van der Waals surface area contributed by atoms with Crippen molar-refractivity contribution >= 4 is 5.78 Å². The number of hydrogen-bond donors (Lipinski definition) is 0. The Labute approximate surface area is 122 Å². The average Bonchev–Trinajstić information content (AvgIpc) is 2.37. The van der Waals surface area contributed by atoms with Crippen LogP contribution in [0.4, 0.5) is 4.39 Å². The van der Waals surface area contributed by atoms with Crippen LogP contribution < -0.4 is 0 Å². The third kappa shape index (κ3) is 7.42. The highest BCUT2D eigenvalue weighted by Crippen LogP contribution is 2.26. The molecule has 0 saturated heterocycles. The summed E-state index contributed by atoms with van der Waals surface area (Å²) in [4.78, 5) is 11.9. The molecule has 0 N–H and O–H groups in total. The van der Waals surface area contributed by atoms with Gasteiger partial charge in [-0.2, -0.15) is 0 Å². The van der Waals surface area contributed by atoms with Crippen molar-refractivity contribution < 1.29 is 9.18 Å². The molecule has 0 aliphatic rings. The van der Waals surface area contributed by atoms with E-state index in [4.69, 9.17) is 0 Å². The molecule has 1 nitrogen and oxygen atoms in total. The van der Waals surface area contributed by atoms with E-state index in [1.54, 1.807) is 6.92 Å². The van der Waals surface area contributed by atoms with Crippen LogP contribution in [-0.2, 0) is 11.2 Å². The lowest BCUT2D eigenvalue weighted by atomic mass is 9.91. The lowest BCUT2D eigenvalue weighted by Gasteiger charge is -2.20. The molecule has 112 valence electrons. The summed E-state index contributed by atoms with van der Waals surface area (Å²) < 4.78 is 14.3. The smallest absolute Gasteiger partial charge is 0.137 e. The maximum absolute atomic E-state index is 14.3. The summed E-state index contributed by atoms with van der Waals surface area (Å²) in [6.45, 7) is 5.93. The second-order valence-corrected chi connectivity index (χ2v) is 6.40. The molecule has 0 amide bonds. The molecular formula is C18H27FO. The maximum Gasteiger partial charge on any atom is 0.137 e. The van der Waals surface area contributed by atoms with Crippen molar-refractivity contribution in [1.82, 2.24) is 0 Å². The van der Waals surface area contributed by atoms with Gasteiger partial charge in [0.2, 0.25) is 0 Å². The molecule has 1 aromatic carbocycles. The fraction of sp³-hybridized carbons (Fsp3) is 0.611. The van der Waals surface area contributed by atoms with E-state index in [9.17, 15) is 9.18 Å². The molecule has 20 heavy (non-hydrogen) atoms. The number of carbonyl (C=O) groups is 1. The fourth-order valence-electron chi connectivity index (χ4n) is 2.32. The van der Waals surface area contributed by atoms with Crippen molar-refractivity contribution in [2.45, 2.75) is 65.0 Å². The third-order valence-electron chi connectivity index (χ3n) is 3.65. The number of hydrogen-bond acceptors (Lipinski definition) is 1. The number of rotatable bonds is 9. The van der Waals surface area contributed by atoms with Gasteiger partial charge in [-0.3, -0.25) is 4.79 Å². The van der Waals surface area contributed by atoms with Gasteiger partial charge in [-0.1, -0.05) is 57.0 Å². The summed E-state index contributed by atoms with van der Waals surface area (Å²) in [7, 11) is 0. The van der Waals surface area contributed by atoms with Gasteiger partial charge in [0.25, 0.3) is 0 Å². The highest BCUT2D eigenvalue weighted by atomic mass is 19.1. The van der Waals surface area contributed by atoms with Gasteiger partial charge in [0.1, 0.15) is 11.5 Å². The molecule has 0 spiro atoms. The molecular weight excluding hydrogens is 251 g/mol. The summed E-state index contributed by atoms with van der Waals surface area (Å²) in [6.07, 6.45) is 3.61. The highest BCUT2D eigenvalue weighted by Gasteiger charge is 2.23. The summed E-state index contributed by atoms with van der Waals surface area (Å²) in [5.41, 5.74) is -0.195. The van der Waals surface area contributed by atoms with Crippen LogP contribution in [0.5, 0.6) is 0 Å². The van der Waals surface area contributed by atoms with Crippen LogP contribution in [0.3, 0.4) is 0 Å². The van der Waals surface area contributed by atoms with Crippen LogP contribution in [0.15, 0.2) is 30.3 Å². The lowest BCUT2D eigenvalue weighted by Crippen LogP contribution is -2.20. The van der Waals surface area contributed by atoms with Crippen molar-refractivity contribution in [1.29, 1.82) is 0 Å². The van der Waals surface area contributed by atoms with Crippen molar-refractivity contribution in [3.05, 3.63) is 35.9 Å². The molecule has 0 aliphatic carbocycles. The van der Waals surface area contributed by atoms with Gasteiger partial charge in [-0.25, -0.2) is 4.39 Å².